The molecule has 7 heteroatoms. The van der Waals surface area contributed by atoms with Crippen LogP contribution in [-0.2, 0) is 7.05 Å². The molecule has 0 atom stereocenters. The number of aromatic nitrogens is 3. The fourth-order valence-corrected chi connectivity index (χ4v) is 2.38. The molecule has 122 valence electrons. The molecule has 1 N–H and O–H groups in total. The summed E-state index contributed by atoms with van der Waals surface area (Å²) >= 11 is 0. The minimum Gasteiger partial charge on any atom is -0.317 e. The summed E-state index contributed by atoms with van der Waals surface area (Å²) in [7, 11) is 1.60. The second-order valence-electron chi connectivity index (χ2n) is 5.30. The maximum absolute atomic E-state index is 13.9. The number of rotatable bonds is 3. The fraction of sp³-hybridized carbons (Fsp3) is 0.118. The van der Waals surface area contributed by atoms with Gasteiger partial charge >= 0.3 is 0 Å². The smallest absolute Gasteiger partial charge is 0.274 e. The molecular weight excluding hydrogens is 311 g/mol. The largest absolute Gasteiger partial charge is 0.317 e. The Labute approximate surface area is 137 Å². The molecule has 0 aliphatic carbocycles. The van der Waals surface area contributed by atoms with E-state index in [-0.39, 0.29) is 22.5 Å². The minimum atomic E-state index is -0.474. The van der Waals surface area contributed by atoms with E-state index in [9.17, 15) is 14.0 Å². The molecule has 0 fully saturated rings. The Morgan fingerprint density at radius 3 is 2.71 bits per heavy atom. The highest BCUT2D eigenvalue weighted by Crippen LogP contribution is 2.17. The van der Waals surface area contributed by atoms with Gasteiger partial charge < -0.3 is 9.88 Å². The highest BCUT2D eigenvalue weighted by atomic mass is 19.1. The van der Waals surface area contributed by atoms with Crippen molar-refractivity contribution in [3.63, 3.8) is 0 Å². The molecule has 0 unspecified atom stereocenters. The van der Waals surface area contributed by atoms with E-state index in [1.807, 2.05) is 0 Å². The van der Waals surface area contributed by atoms with Crippen LogP contribution in [-0.4, -0.2) is 20.3 Å². The summed E-state index contributed by atoms with van der Waals surface area (Å²) in [6.45, 7) is 1.66. The first kappa shape index (κ1) is 15.7. The molecule has 1 aromatic carbocycles. The van der Waals surface area contributed by atoms with Gasteiger partial charge in [0, 0.05) is 13.2 Å². The topological polar surface area (TPSA) is 68.9 Å². The monoisotopic (exact) mass is 326 g/mol. The second-order valence-corrected chi connectivity index (χ2v) is 5.30. The van der Waals surface area contributed by atoms with Crippen LogP contribution >= 0.6 is 0 Å². The summed E-state index contributed by atoms with van der Waals surface area (Å²) in [6.07, 6.45) is 2.95. The SMILES string of the molecule is Cc1c(C(=O)Nc2cccn(C)c2=O)cnn1-c1ccccc1F. The van der Waals surface area contributed by atoms with Gasteiger partial charge in [0.1, 0.15) is 17.2 Å². The van der Waals surface area contributed by atoms with Crippen molar-refractivity contribution in [2.75, 3.05) is 5.32 Å². The van der Waals surface area contributed by atoms with E-state index >= 15 is 0 Å². The lowest BCUT2D eigenvalue weighted by molar-refractivity contribution is 0.102. The first-order valence-corrected chi connectivity index (χ1v) is 7.25. The lowest BCUT2D eigenvalue weighted by Gasteiger charge is -2.07. The maximum Gasteiger partial charge on any atom is 0.274 e. The fourth-order valence-electron chi connectivity index (χ4n) is 2.38. The van der Waals surface area contributed by atoms with E-state index in [1.54, 1.807) is 44.4 Å². The van der Waals surface area contributed by atoms with E-state index in [0.717, 1.165) is 0 Å². The van der Waals surface area contributed by atoms with E-state index in [2.05, 4.69) is 10.4 Å². The molecule has 0 saturated carbocycles. The molecular formula is C17H15FN4O2. The van der Waals surface area contributed by atoms with Gasteiger partial charge in [0.25, 0.3) is 11.5 Å². The van der Waals surface area contributed by atoms with Crippen molar-refractivity contribution in [2.24, 2.45) is 7.05 Å². The number of hydrogen-bond donors (Lipinski definition) is 1. The van der Waals surface area contributed by atoms with Crippen molar-refractivity contribution in [3.05, 3.63) is 76.2 Å². The van der Waals surface area contributed by atoms with Gasteiger partial charge in [0.15, 0.2) is 0 Å². The van der Waals surface area contributed by atoms with Crippen molar-refractivity contribution in [1.29, 1.82) is 0 Å². The van der Waals surface area contributed by atoms with Gasteiger partial charge in [0.2, 0.25) is 0 Å². The summed E-state index contributed by atoms with van der Waals surface area (Å²) in [5, 5.41) is 6.65. The first-order valence-electron chi connectivity index (χ1n) is 7.25. The van der Waals surface area contributed by atoms with Gasteiger partial charge in [-0.05, 0) is 31.2 Å². The van der Waals surface area contributed by atoms with Crippen molar-refractivity contribution in [2.45, 2.75) is 6.92 Å². The third-order valence-corrected chi connectivity index (χ3v) is 3.71. The summed E-state index contributed by atoms with van der Waals surface area (Å²) in [4.78, 5) is 24.4. The van der Waals surface area contributed by atoms with Gasteiger partial charge in [-0.1, -0.05) is 12.1 Å². The quantitative estimate of drug-likeness (QED) is 0.803. The molecule has 3 aromatic rings. The number of benzene rings is 1. The van der Waals surface area contributed by atoms with Crippen LogP contribution in [0.15, 0.2) is 53.6 Å². The number of halogens is 1. The van der Waals surface area contributed by atoms with Crippen molar-refractivity contribution in [3.8, 4) is 5.69 Å². The summed E-state index contributed by atoms with van der Waals surface area (Å²) in [5.41, 5.74) is 0.854. The van der Waals surface area contributed by atoms with E-state index < -0.39 is 11.7 Å². The zero-order valence-electron chi connectivity index (χ0n) is 13.2. The molecule has 0 saturated heterocycles. The molecule has 0 aliphatic rings. The molecule has 24 heavy (non-hydrogen) atoms. The van der Waals surface area contributed by atoms with Gasteiger partial charge in [-0.3, -0.25) is 9.59 Å². The van der Waals surface area contributed by atoms with Crippen LogP contribution in [0.2, 0.25) is 0 Å². The lowest BCUT2D eigenvalue weighted by Crippen LogP contribution is -2.23. The van der Waals surface area contributed by atoms with Crippen LogP contribution in [0.5, 0.6) is 0 Å². The number of carbonyl (C=O) groups excluding carboxylic acids is 1. The molecule has 3 rings (SSSR count). The molecule has 2 heterocycles. The Balaban J connectivity index is 1.94. The number of pyridine rings is 1. The molecule has 2 aromatic heterocycles. The van der Waals surface area contributed by atoms with Crippen molar-refractivity contribution >= 4 is 11.6 Å². The van der Waals surface area contributed by atoms with E-state index in [0.29, 0.717) is 5.69 Å². The summed E-state index contributed by atoms with van der Waals surface area (Å²) < 4.78 is 16.6. The standard InChI is InChI=1S/C17H15FN4O2/c1-11-12(10-19-22(11)15-8-4-3-6-13(15)18)16(23)20-14-7-5-9-21(2)17(14)24/h3-10H,1-2H3,(H,20,23). The van der Waals surface area contributed by atoms with Crippen molar-refractivity contribution in [1.82, 2.24) is 14.3 Å². The average molecular weight is 326 g/mol. The van der Waals surface area contributed by atoms with E-state index in [4.69, 9.17) is 0 Å². The van der Waals surface area contributed by atoms with Crippen LogP contribution in [0.1, 0.15) is 16.1 Å². The Kier molecular flexibility index (Phi) is 3.99. The predicted octanol–water partition coefficient (Wildman–Crippen LogP) is 2.27. The highest BCUT2D eigenvalue weighted by molar-refractivity contribution is 6.04. The van der Waals surface area contributed by atoms with Gasteiger partial charge in [0.05, 0.1) is 17.5 Å². The molecule has 0 radical (unpaired) electrons. The number of para-hydroxylation sites is 1. The van der Waals surface area contributed by atoms with Crippen molar-refractivity contribution < 1.29 is 9.18 Å². The third-order valence-electron chi connectivity index (χ3n) is 3.71. The first-order chi connectivity index (χ1) is 11.5. The molecule has 0 aliphatic heterocycles. The number of nitrogens with one attached hydrogen (secondary N) is 1. The Bertz CT molecular complexity index is 975. The summed E-state index contributed by atoms with van der Waals surface area (Å²) in [5.74, 6) is -0.911. The average Bonchev–Trinajstić information content (AvgIpc) is 2.94. The van der Waals surface area contributed by atoms with Gasteiger partial charge in [-0.25, -0.2) is 9.07 Å². The Morgan fingerprint density at radius 2 is 1.96 bits per heavy atom. The number of amides is 1. The number of nitrogens with zero attached hydrogens (tertiary/aromatic N) is 3. The zero-order valence-corrected chi connectivity index (χ0v) is 13.2. The normalized spacial score (nSPS) is 10.6. The van der Waals surface area contributed by atoms with Crippen LogP contribution < -0.4 is 10.9 Å². The molecule has 1 amide bonds. The third kappa shape index (κ3) is 2.71. The minimum absolute atomic E-state index is 0.169. The Morgan fingerprint density at radius 1 is 1.21 bits per heavy atom. The molecule has 0 spiro atoms. The molecule has 6 nitrogen and oxygen atoms in total. The highest BCUT2D eigenvalue weighted by Gasteiger charge is 2.17. The lowest BCUT2D eigenvalue weighted by atomic mass is 10.2. The Hall–Kier alpha value is -3.22. The number of aryl methyl sites for hydroxylation is 1. The van der Waals surface area contributed by atoms with Gasteiger partial charge in [-0.15, -0.1) is 0 Å². The molecule has 0 bridgehead atoms. The van der Waals surface area contributed by atoms with Gasteiger partial charge in [-0.2, -0.15) is 5.10 Å². The second kappa shape index (κ2) is 6.11. The van der Waals surface area contributed by atoms with Crippen LogP contribution in [0.4, 0.5) is 10.1 Å². The number of anilines is 1. The van der Waals surface area contributed by atoms with E-state index in [1.165, 1.54) is 27.6 Å². The maximum atomic E-state index is 13.9. The summed E-state index contributed by atoms with van der Waals surface area (Å²) in [6, 6.07) is 9.35. The zero-order chi connectivity index (χ0) is 17.3. The van der Waals surface area contributed by atoms with Crippen LogP contribution in [0, 0.1) is 12.7 Å². The predicted molar refractivity (Wildman–Crippen MR) is 87.9 cm³/mol. The number of carbonyl (C=O) groups is 1. The number of hydrogen-bond acceptors (Lipinski definition) is 3. The van der Waals surface area contributed by atoms with Crippen LogP contribution in [0.25, 0.3) is 5.69 Å². The van der Waals surface area contributed by atoms with Crippen LogP contribution in [0.3, 0.4) is 0 Å².